The highest BCUT2D eigenvalue weighted by Crippen LogP contribution is 2.12. The molecule has 2 aromatic heterocycles. The molecule has 2 heterocycles. The number of nitrogens with zero attached hydrogens (tertiary/aromatic N) is 1. The third-order valence-corrected chi connectivity index (χ3v) is 4.55. The summed E-state index contributed by atoms with van der Waals surface area (Å²) in [7, 11) is -3.89. The number of aromatic carboxylic acids is 1. The second kappa shape index (κ2) is 5.51. The SMILES string of the molecule is O=C(O)c1cn[nH]c1S(=O)(=O)NCCc1ccsc1. The summed E-state index contributed by atoms with van der Waals surface area (Å²) in [4.78, 5) is 10.8. The van der Waals surface area contributed by atoms with Crippen LogP contribution in [-0.2, 0) is 16.4 Å². The van der Waals surface area contributed by atoms with Crippen molar-refractivity contribution >= 4 is 27.3 Å². The Bertz CT molecular complexity index is 661. The van der Waals surface area contributed by atoms with E-state index in [9.17, 15) is 13.2 Å². The zero-order valence-electron chi connectivity index (χ0n) is 9.66. The molecule has 0 amide bonds. The first-order chi connectivity index (χ1) is 9.00. The standard InChI is InChI=1S/C10H11N3O4S2/c14-10(15)8-5-11-13-9(8)19(16,17)12-3-1-7-2-4-18-6-7/h2,4-6,12H,1,3H2,(H,11,13)(H,14,15). The Kier molecular flexibility index (Phi) is 3.98. The zero-order chi connectivity index (χ0) is 13.9. The van der Waals surface area contributed by atoms with Crippen LogP contribution >= 0.6 is 11.3 Å². The Hall–Kier alpha value is -1.71. The van der Waals surface area contributed by atoms with E-state index in [1.807, 2.05) is 16.8 Å². The molecule has 0 spiro atoms. The van der Waals surface area contributed by atoms with Crippen LogP contribution in [0.3, 0.4) is 0 Å². The van der Waals surface area contributed by atoms with Crippen LogP contribution < -0.4 is 4.72 Å². The van der Waals surface area contributed by atoms with Crippen molar-refractivity contribution in [1.82, 2.24) is 14.9 Å². The van der Waals surface area contributed by atoms with Gasteiger partial charge < -0.3 is 5.11 Å². The van der Waals surface area contributed by atoms with E-state index >= 15 is 0 Å². The maximum atomic E-state index is 11.9. The quantitative estimate of drug-likeness (QED) is 0.726. The minimum atomic E-state index is -3.89. The van der Waals surface area contributed by atoms with Crippen LogP contribution in [0.1, 0.15) is 15.9 Å². The Morgan fingerprint density at radius 2 is 2.32 bits per heavy atom. The smallest absolute Gasteiger partial charge is 0.340 e. The molecule has 0 saturated carbocycles. The van der Waals surface area contributed by atoms with Crippen LogP contribution in [0.5, 0.6) is 0 Å². The van der Waals surface area contributed by atoms with Crippen molar-refractivity contribution in [3.63, 3.8) is 0 Å². The van der Waals surface area contributed by atoms with Gasteiger partial charge in [-0.3, -0.25) is 5.10 Å². The van der Waals surface area contributed by atoms with Crippen LogP contribution in [0.15, 0.2) is 28.0 Å². The summed E-state index contributed by atoms with van der Waals surface area (Å²) < 4.78 is 26.1. The number of carboxylic acids is 1. The lowest BCUT2D eigenvalue weighted by molar-refractivity contribution is 0.0692. The van der Waals surface area contributed by atoms with Gasteiger partial charge in [-0.25, -0.2) is 17.9 Å². The summed E-state index contributed by atoms with van der Waals surface area (Å²) in [5.74, 6) is -1.34. The first-order valence-corrected chi connectivity index (χ1v) is 7.70. The van der Waals surface area contributed by atoms with Crippen molar-refractivity contribution in [2.24, 2.45) is 0 Å². The number of hydrogen-bond acceptors (Lipinski definition) is 5. The molecular formula is C10H11N3O4S2. The molecule has 7 nitrogen and oxygen atoms in total. The van der Waals surface area contributed by atoms with Crippen molar-refractivity contribution in [3.05, 3.63) is 34.2 Å². The second-order valence-corrected chi connectivity index (χ2v) is 6.18. The number of rotatable bonds is 6. The maximum Gasteiger partial charge on any atom is 0.340 e. The molecule has 0 fully saturated rings. The van der Waals surface area contributed by atoms with Crippen molar-refractivity contribution in [2.45, 2.75) is 11.4 Å². The average molecular weight is 301 g/mol. The van der Waals surface area contributed by atoms with E-state index in [1.165, 1.54) is 11.3 Å². The van der Waals surface area contributed by atoms with Gasteiger partial charge in [0, 0.05) is 6.54 Å². The summed E-state index contributed by atoms with van der Waals surface area (Å²) in [6.07, 6.45) is 1.51. The molecule has 102 valence electrons. The number of aromatic amines is 1. The summed E-state index contributed by atoms with van der Waals surface area (Å²) in [5.41, 5.74) is 0.652. The molecular weight excluding hydrogens is 290 g/mol. The molecule has 3 N–H and O–H groups in total. The van der Waals surface area contributed by atoms with Crippen molar-refractivity contribution in [2.75, 3.05) is 6.54 Å². The number of thiophene rings is 1. The first kappa shape index (κ1) is 13.7. The largest absolute Gasteiger partial charge is 0.478 e. The van der Waals surface area contributed by atoms with Gasteiger partial charge >= 0.3 is 5.97 Å². The van der Waals surface area contributed by atoms with Gasteiger partial charge in [-0.1, -0.05) is 0 Å². The monoisotopic (exact) mass is 301 g/mol. The number of aromatic nitrogens is 2. The summed E-state index contributed by atoms with van der Waals surface area (Å²) in [6.45, 7) is 0.192. The number of hydrogen-bond donors (Lipinski definition) is 3. The van der Waals surface area contributed by atoms with E-state index in [4.69, 9.17) is 5.11 Å². The zero-order valence-corrected chi connectivity index (χ0v) is 11.3. The molecule has 0 saturated heterocycles. The number of sulfonamides is 1. The molecule has 2 aromatic rings. The van der Waals surface area contributed by atoms with Gasteiger partial charge in [0.25, 0.3) is 10.0 Å². The van der Waals surface area contributed by atoms with E-state index in [0.29, 0.717) is 6.42 Å². The fourth-order valence-electron chi connectivity index (χ4n) is 1.47. The van der Waals surface area contributed by atoms with Crippen molar-refractivity contribution < 1.29 is 18.3 Å². The molecule has 0 radical (unpaired) electrons. The van der Waals surface area contributed by atoms with Crippen LogP contribution in [0.4, 0.5) is 0 Å². The van der Waals surface area contributed by atoms with Gasteiger partial charge in [-0.15, -0.1) is 0 Å². The predicted molar refractivity (Wildman–Crippen MR) is 68.8 cm³/mol. The molecule has 0 aromatic carbocycles. The predicted octanol–water partition coefficient (Wildman–Crippen LogP) is 0.690. The summed E-state index contributed by atoms with van der Waals surface area (Å²) in [5, 5.41) is 17.9. The molecule has 9 heteroatoms. The van der Waals surface area contributed by atoms with Gasteiger partial charge in [-0.05, 0) is 28.8 Å². The Morgan fingerprint density at radius 3 is 2.95 bits per heavy atom. The second-order valence-electron chi connectivity index (χ2n) is 3.70. The number of carbonyl (C=O) groups is 1. The van der Waals surface area contributed by atoms with Crippen molar-refractivity contribution in [3.8, 4) is 0 Å². The molecule has 19 heavy (non-hydrogen) atoms. The van der Waals surface area contributed by atoms with Crippen LogP contribution in [-0.4, -0.2) is 36.2 Å². The molecule has 0 atom stereocenters. The number of nitrogens with one attached hydrogen (secondary N) is 2. The minimum absolute atomic E-state index is 0.192. The van der Waals surface area contributed by atoms with Gasteiger partial charge in [0.05, 0.1) is 6.20 Å². The molecule has 0 unspecified atom stereocenters. The molecule has 0 aliphatic rings. The Morgan fingerprint density at radius 1 is 1.53 bits per heavy atom. The van der Waals surface area contributed by atoms with E-state index in [1.54, 1.807) is 0 Å². The van der Waals surface area contributed by atoms with Crippen LogP contribution in [0.25, 0.3) is 0 Å². The van der Waals surface area contributed by atoms with Gasteiger partial charge in [0.2, 0.25) is 0 Å². The normalized spacial score (nSPS) is 11.6. The first-order valence-electron chi connectivity index (χ1n) is 5.28. The maximum absolute atomic E-state index is 11.9. The fourth-order valence-corrected chi connectivity index (χ4v) is 3.29. The third kappa shape index (κ3) is 3.19. The molecule has 0 aliphatic heterocycles. The van der Waals surface area contributed by atoms with E-state index < -0.39 is 21.0 Å². The lowest BCUT2D eigenvalue weighted by Crippen LogP contribution is -2.27. The Balaban J connectivity index is 2.06. The van der Waals surface area contributed by atoms with Crippen molar-refractivity contribution in [1.29, 1.82) is 0 Å². The Labute approximate surface area is 113 Å². The average Bonchev–Trinajstić information content (AvgIpc) is 2.99. The number of H-pyrrole nitrogens is 1. The van der Waals surface area contributed by atoms with E-state index in [2.05, 4.69) is 14.9 Å². The highest BCUT2D eigenvalue weighted by Gasteiger charge is 2.24. The molecule has 0 aliphatic carbocycles. The fraction of sp³-hybridized carbons (Fsp3) is 0.200. The summed E-state index contributed by atoms with van der Waals surface area (Å²) in [6, 6.07) is 1.90. The highest BCUT2D eigenvalue weighted by molar-refractivity contribution is 7.89. The number of carboxylic acid groups (broad SMARTS) is 1. The highest BCUT2D eigenvalue weighted by atomic mass is 32.2. The molecule has 0 bridgehead atoms. The minimum Gasteiger partial charge on any atom is -0.478 e. The lowest BCUT2D eigenvalue weighted by Gasteiger charge is -2.04. The molecule has 2 rings (SSSR count). The van der Waals surface area contributed by atoms with Gasteiger partial charge in [0.1, 0.15) is 5.56 Å². The van der Waals surface area contributed by atoms with E-state index in [-0.39, 0.29) is 12.1 Å². The van der Waals surface area contributed by atoms with E-state index in [0.717, 1.165) is 11.8 Å². The summed E-state index contributed by atoms with van der Waals surface area (Å²) >= 11 is 1.53. The van der Waals surface area contributed by atoms with Gasteiger partial charge in [-0.2, -0.15) is 16.4 Å². The van der Waals surface area contributed by atoms with Crippen LogP contribution in [0.2, 0.25) is 0 Å². The van der Waals surface area contributed by atoms with Gasteiger partial charge in [0.15, 0.2) is 5.03 Å². The van der Waals surface area contributed by atoms with Crippen LogP contribution in [0, 0.1) is 0 Å². The lowest BCUT2D eigenvalue weighted by atomic mass is 10.2. The topological polar surface area (TPSA) is 112 Å². The third-order valence-electron chi connectivity index (χ3n) is 2.39.